The molecule has 0 unspecified atom stereocenters. The third-order valence-corrected chi connectivity index (χ3v) is 2.68. The van der Waals surface area contributed by atoms with E-state index in [9.17, 15) is 0 Å². The molecule has 0 saturated heterocycles. The lowest BCUT2D eigenvalue weighted by Crippen LogP contribution is -2.09. The lowest BCUT2D eigenvalue weighted by atomic mass is 10.2. The first kappa shape index (κ1) is 12.4. The van der Waals surface area contributed by atoms with E-state index in [1.807, 2.05) is 18.3 Å². The van der Waals surface area contributed by atoms with Crippen LogP contribution in [0.4, 0.5) is 5.95 Å². The summed E-state index contributed by atoms with van der Waals surface area (Å²) in [5.41, 5.74) is 3.09. The van der Waals surface area contributed by atoms with E-state index in [0.717, 1.165) is 29.8 Å². The average molecular weight is 243 g/mol. The van der Waals surface area contributed by atoms with Gasteiger partial charge in [0.1, 0.15) is 0 Å². The van der Waals surface area contributed by atoms with Crippen molar-refractivity contribution in [2.24, 2.45) is 0 Å². The molecule has 18 heavy (non-hydrogen) atoms. The normalized spacial score (nSPS) is 10.3. The SMILES string of the molecule is CCc1nnc(NCc2cccnc2)nc1CC. The molecule has 0 aliphatic heterocycles. The van der Waals surface area contributed by atoms with Crippen LogP contribution in [0, 0.1) is 0 Å². The van der Waals surface area contributed by atoms with Crippen molar-refractivity contribution in [3.63, 3.8) is 0 Å². The molecule has 2 heterocycles. The van der Waals surface area contributed by atoms with Gasteiger partial charge in [0.2, 0.25) is 5.95 Å². The smallest absolute Gasteiger partial charge is 0.243 e. The number of nitrogens with zero attached hydrogens (tertiary/aromatic N) is 4. The highest BCUT2D eigenvalue weighted by Gasteiger charge is 2.05. The second-order valence-electron chi connectivity index (χ2n) is 3.95. The Morgan fingerprint density at radius 2 is 1.94 bits per heavy atom. The second-order valence-corrected chi connectivity index (χ2v) is 3.95. The summed E-state index contributed by atoms with van der Waals surface area (Å²) in [7, 11) is 0. The largest absolute Gasteiger partial charge is 0.349 e. The summed E-state index contributed by atoms with van der Waals surface area (Å²) in [4.78, 5) is 8.53. The predicted octanol–water partition coefficient (Wildman–Crippen LogP) is 2.00. The van der Waals surface area contributed by atoms with Crippen LogP contribution in [-0.2, 0) is 19.4 Å². The Hall–Kier alpha value is -2.04. The molecule has 0 atom stereocenters. The molecule has 5 nitrogen and oxygen atoms in total. The van der Waals surface area contributed by atoms with Crippen LogP contribution in [0.25, 0.3) is 0 Å². The number of rotatable bonds is 5. The van der Waals surface area contributed by atoms with Crippen LogP contribution in [0.1, 0.15) is 30.8 Å². The van der Waals surface area contributed by atoms with E-state index in [0.29, 0.717) is 12.5 Å². The highest BCUT2D eigenvalue weighted by Crippen LogP contribution is 2.07. The molecule has 94 valence electrons. The van der Waals surface area contributed by atoms with Gasteiger partial charge in [0, 0.05) is 18.9 Å². The highest BCUT2D eigenvalue weighted by atomic mass is 15.2. The van der Waals surface area contributed by atoms with Gasteiger partial charge in [-0.2, -0.15) is 5.10 Å². The zero-order valence-electron chi connectivity index (χ0n) is 10.7. The highest BCUT2D eigenvalue weighted by molar-refractivity contribution is 5.27. The molecule has 0 aromatic carbocycles. The molecule has 2 rings (SSSR count). The van der Waals surface area contributed by atoms with Crippen LogP contribution < -0.4 is 5.32 Å². The summed E-state index contributed by atoms with van der Waals surface area (Å²) in [5.74, 6) is 0.577. The van der Waals surface area contributed by atoms with E-state index in [1.165, 1.54) is 0 Å². The van der Waals surface area contributed by atoms with Crippen LogP contribution in [0.15, 0.2) is 24.5 Å². The van der Waals surface area contributed by atoms with Crippen molar-refractivity contribution in [3.8, 4) is 0 Å². The second kappa shape index (κ2) is 6.05. The van der Waals surface area contributed by atoms with Gasteiger partial charge in [0.05, 0.1) is 11.4 Å². The first-order valence-corrected chi connectivity index (χ1v) is 6.18. The Bertz CT molecular complexity index is 498. The average Bonchev–Trinajstić information content (AvgIpc) is 2.45. The zero-order chi connectivity index (χ0) is 12.8. The maximum Gasteiger partial charge on any atom is 0.243 e. The number of anilines is 1. The van der Waals surface area contributed by atoms with E-state index in [-0.39, 0.29) is 0 Å². The van der Waals surface area contributed by atoms with E-state index < -0.39 is 0 Å². The summed E-state index contributed by atoms with van der Waals surface area (Å²) in [5, 5.41) is 11.4. The van der Waals surface area contributed by atoms with Crippen molar-refractivity contribution in [2.45, 2.75) is 33.2 Å². The van der Waals surface area contributed by atoms with Gasteiger partial charge in [0.25, 0.3) is 0 Å². The first-order valence-electron chi connectivity index (χ1n) is 6.18. The molecule has 0 amide bonds. The van der Waals surface area contributed by atoms with Gasteiger partial charge in [-0.25, -0.2) is 4.98 Å². The standard InChI is InChI=1S/C13H17N5/c1-3-11-12(4-2)17-18-13(16-11)15-9-10-6-5-7-14-8-10/h5-8H,3-4,9H2,1-2H3,(H,15,16,18). The first-order chi connectivity index (χ1) is 8.83. The number of nitrogens with one attached hydrogen (secondary N) is 1. The molecule has 0 aliphatic rings. The lowest BCUT2D eigenvalue weighted by Gasteiger charge is -2.07. The van der Waals surface area contributed by atoms with E-state index in [2.05, 4.69) is 39.3 Å². The summed E-state index contributed by atoms with van der Waals surface area (Å²) >= 11 is 0. The molecular weight excluding hydrogens is 226 g/mol. The van der Waals surface area contributed by atoms with Crippen LogP contribution in [-0.4, -0.2) is 20.2 Å². The predicted molar refractivity (Wildman–Crippen MR) is 70.1 cm³/mol. The van der Waals surface area contributed by atoms with Gasteiger partial charge < -0.3 is 5.32 Å². The lowest BCUT2D eigenvalue weighted by molar-refractivity contribution is 0.819. The van der Waals surface area contributed by atoms with E-state index in [4.69, 9.17) is 0 Å². The molecule has 1 N–H and O–H groups in total. The van der Waals surface area contributed by atoms with Crippen molar-refractivity contribution in [3.05, 3.63) is 41.5 Å². The van der Waals surface area contributed by atoms with Crippen LogP contribution in [0.2, 0.25) is 0 Å². The molecule has 2 aromatic rings. The third kappa shape index (κ3) is 3.00. The molecule has 0 fully saturated rings. The topological polar surface area (TPSA) is 63.6 Å². The molecule has 2 aromatic heterocycles. The maximum atomic E-state index is 4.47. The molecule has 0 aliphatic carbocycles. The van der Waals surface area contributed by atoms with Crippen molar-refractivity contribution in [1.82, 2.24) is 20.2 Å². The van der Waals surface area contributed by atoms with Crippen molar-refractivity contribution in [1.29, 1.82) is 0 Å². The Kier molecular flexibility index (Phi) is 4.17. The van der Waals surface area contributed by atoms with Crippen molar-refractivity contribution < 1.29 is 0 Å². The Morgan fingerprint density at radius 1 is 1.11 bits per heavy atom. The Labute approximate surface area is 107 Å². The van der Waals surface area contributed by atoms with Crippen LogP contribution >= 0.6 is 0 Å². The molecule has 5 heteroatoms. The molecular formula is C13H17N5. The summed E-state index contributed by atoms with van der Waals surface area (Å²) < 4.78 is 0. The minimum absolute atomic E-state index is 0.577. The van der Waals surface area contributed by atoms with Crippen LogP contribution in [0.5, 0.6) is 0 Å². The third-order valence-electron chi connectivity index (χ3n) is 2.68. The number of hydrogen-bond acceptors (Lipinski definition) is 5. The summed E-state index contributed by atoms with van der Waals surface area (Å²) in [6.07, 6.45) is 5.32. The van der Waals surface area contributed by atoms with Gasteiger partial charge in [0.15, 0.2) is 0 Å². The quantitative estimate of drug-likeness (QED) is 0.870. The molecule has 0 spiro atoms. The monoisotopic (exact) mass is 243 g/mol. The minimum atomic E-state index is 0.577. The fourth-order valence-electron chi connectivity index (χ4n) is 1.70. The number of aryl methyl sites for hydroxylation is 2. The van der Waals surface area contributed by atoms with Gasteiger partial charge >= 0.3 is 0 Å². The van der Waals surface area contributed by atoms with Gasteiger partial charge in [-0.1, -0.05) is 19.9 Å². The minimum Gasteiger partial charge on any atom is -0.349 e. The van der Waals surface area contributed by atoms with Crippen molar-refractivity contribution in [2.75, 3.05) is 5.32 Å². The summed E-state index contributed by atoms with van der Waals surface area (Å²) in [6.45, 7) is 4.80. The maximum absolute atomic E-state index is 4.47. The fourth-order valence-corrected chi connectivity index (χ4v) is 1.70. The molecule has 0 radical (unpaired) electrons. The number of aromatic nitrogens is 4. The molecule has 0 saturated carbocycles. The van der Waals surface area contributed by atoms with Gasteiger partial charge in [-0.15, -0.1) is 5.10 Å². The van der Waals surface area contributed by atoms with Crippen molar-refractivity contribution >= 4 is 5.95 Å². The molecule has 0 bridgehead atoms. The fraction of sp³-hybridized carbons (Fsp3) is 0.385. The number of pyridine rings is 1. The van der Waals surface area contributed by atoms with Crippen LogP contribution in [0.3, 0.4) is 0 Å². The van der Waals surface area contributed by atoms with E-state index >= 15 is 0 Å². The zero-order valence-corrected chi connectivity index (χ0v) is 10.7. The van der Waals surface area contributed by atoms with Gasteiger partial charge in [-0.3, -0.25) is 4.98 Å². The number of hydrogen-bond donors (Lipinski definition) is 1. The van der Waals surface area contributed by atoms with Gasteiger partial charge in [-0.05, 0) is 24.5 Å². The Balaban J connectivity index is 2.06. The Morgan fingerprint density at radius 3 is 2.61 bits per heavy atom. The summed E-state index contributed by atoms with van der Waals surface area (Å²) in [6, 6.07) is 3.92. The van der Waals surface area contributed by atoms with E-state index in [1.54, 1.807) is 6.20 Å².